The number of anilines is 1. The summed E-state index contributed by atoms with van der Waals surface area (Å²) in [6.07, 6.45) is 2.45. The van der Waals surface area contributed by atoms with Gasteiger partial charge in [-0.1, -0.05) is 6.07 Å². The molecule has 0 aliphatic heterocycles. The van der Waals surface area contributed by atoms with Gasteiger partial charge >= 0.3 is 0 Å². The first-order chi connectivity index (χ1) is 9.72. The second-order valence-corrected chi connectivity index (χ2v) is 4.42. The monoisotopic (exact) mass is 293 g/mol. The van der Waals surface area contributed by atoms with E-state index in [2.05, 4.69) is 15.3 Å². The van der Waals surface area contributed by atoms with Crippen LogP contribution in [-0.4, -0.2) is 30.7 Å². The number of hydrogen-bond donors (Lipinski definition) is 1. The van der Waals surface area contributed by atoms with Crippen molar-refractivity contribution in [2.75, 3.05) is 26.1 Å². The lowest BCUT2D eigenvalue weighted by Gasteiger charge is -2.10. The third kappa shape index (κ3) is 3.74. The Morgan fingerprint density at radius 1 is 1.15 bits per heavy atom. The highest BCUT2D eigenvalue weighted by Gasteiger charge is 2.04. The van der Waals surface area contributed by atoms with Crippen LogP contribution in [0.3, 0.4) is 0 Å². The predicted molar refractivity (Wildman–Crippen MR) is 78.8 cm³/mol. The summed E-state index contributed by atoms with van der Waals surface area (Å²) < 4.78 is 10.5. The average Bonchev–Trinajstić information content (AvgIpc) is 2.47. The van der Waals surface area contributed by atoms with Crippen LogP contribution in [0, 0.1) is 0 Å². The molecule has 1 heterocycles. The summed E-state index contributed by atoms with van der Waals surface area (Å²) in [4.78, 5) is 7.90. The molecular weight excluding hydrogens is 278 g/mol. The molecule has 5 nitrogen and oxygen atoms in total. The minimum absolute atomic E-state index is 0.237. The number of aromatic nitrogens is 2. The number of nitrogens with one attached hydrogen (secondary N) is 1. The Kier molecular flexibility index (Phi) is 5.01. The van der Waals surface area contributed by atoms with Crippen molar-refractivity contribution in [3.63, 3.8) is 0 Å². The summed E-state index contributed by atoms with van der Waals surface area (Å²) in [5, 5.41) is 3.43. The summed E-state index contributed by atoms with van der Waals surface area (Å²) in [5.74, 6) is 2.17. The lowest BCUT2D eigenvalue weighted by Crippen LogP contribution is -2.06. The fourth-order valence-corrected chi connectivity index (χ4v) is 1.95. The van der Waals surface area contributed by atoms with Crippen LogP contribution in [0.15, 0.2) is 30.5 Å². The van der Waals surface area contributed by atoms with Crippen molar-refractivity contribution in [3.05, 3.63) is 41.3 Å². The van der Waals surface area contributed by atoms with Gasteiger partial charge in [-0.15, -0.1) is 0 Å². The number of nitrogens with zero attached hydrogens (tertiary/aromatic N) is 2. The highest BCUT2D eigenvalue weighted by atomic mass is 35.5. The van der Waals surface area contributed by atoms with Crippen LogP contribution in [-0.2, 0) is 6.42 Å². The minimum atomic E-state index is 0.237. The van der Waals surface area contributed by atoms with Crippen molar-refractivity contribution in [3.8, 4) is 11.5 Å². The maximum atomic E-state index is 5.72. The molecule has 6 heteroatoms. The smallest absolute Gasteiger partial charge is 0.224 e. The summed E-state index contributed by atoms with van der Waals surface area (Å²) in [6.45, 7) is 0.739. The fourth-order valence-electron chi connectivity index (χ4n) is 1.80. The van der Waals surface area contributed by atoms with Gasteiger partial charge in [0.1, 0.15) is 5.82 Å². The normalized spacial score (nSPS) is 10.2. The lowest BCUT2D eigenvalue weighted by atomic mass is 10.1. The first-order valence-corrected chi connectivity index (χ1v) is 6.54. The molecule has 0 amide bonds. The van der Waals surface area contributed by atoms with Crippen LogP contribution in [0.5, 0.6) is 11.5 Å². The maximum Gasteiger partial charge on any atom is 0.224 e. The van der Waals surface area contributed by atoms with Gasteiger partial charge in [-0.3, -0.25) is 0 Å². The Labute approximate surface area is 122 Å². The zero-order chi connectivity index (χ0) is 14.4. The highest BCUT2D eigenvalue weighted by molar-refractivity contribution is 6.28. The molecule has 0 saturated carbocycles. The molecule has 0 fully saturated rings. The van der Waals surface area contributed by atoms with Gasteiger partial charge in [0.05, 0.1) is 14.2 Å². The molecule has 0 bridgehead atoms. The maximum absolute atomic E-state index is 5.72. The van der Waals surface area contributed by atoms with Gasteiger partial charge in [0.15, 0.2) is 11.5 Å². The fraction of sp³-hybridized carbons (Fsp3) is 0.286. The van der Waals surface area contributed by atoms with Crippen LogP contribution in [0.4, 0.5) is 5.82 Å². The van der Waals surface area contributed by atoms with Crippen molar-refractivity contribution >= 4 is 17.4 Å². The van der Waals surface area contributed by atoms with Crippen molar-refractivity contribution in [2.45, 2.75) is 6.42 Å². The number of hydrogen-bond acceptors (Lipinski definition) is 5. The van der Waals surface area contributed by atoms with Gasteiger partial charge in [-0.25, -0.2) is 9.97 Å². The average molecular weight is 294 g/mol. The molecular formula is C14H16ClN3O2. The van der Waals surface area contributed by atoms with E-state index in [0.717, 1.165) is 30.0 Å². The third-order valence-electron chi connectivity index (χ3n) is 2.79. The second-order valence-electron chi connectivity index (χ2n) is 4.08. The molecule has 2 aromatic rings. The SMILES string of the molecule is COc1ccc(CCNc2ccnc(Cl)n2)cc1OC. The molecule has 2 rings (SSSR count). The van der Waals surface area contributed by atoms with E-state index in [1.54, 1.807) is 26.5 Å². The molecule has 0 unspecified atom stereocenters. The van der Waals surface area contributed by atoms with E-state index >= 15 is 0 Å². The van der Waals surface area contributed by atoms with Crippen LogP contribution in [0.2, 0.25) is 5.28 Å². The number of benzene rings is 1. The van der Waals surface area contributed by atoms with Crippen molar-refractivity contribution < 1.29 is 9.47 Å². The molecule has 106 valence electrons. The van der Waals surface area contributed by atoms with Crippen LogP contribution in [0.1, 0.15) is 5.56 Å². The summed E-state index contributed by atoms with van der Waals surface area (Å²) in [7, 11) is 3.25. The first kappa shape index (κ1) is 14.4. The van der Waals surface area contributed by atoms with Gasteiger partial charge in [-0.05, 0) is 41.8 Å². The summed E-state index contributed by atoms with van der Waals surface area (Å²) >= 11 is 5.72. The van der Waals surface area contributed by atoms with Gasteiger partial charge in [0.2, 0.25) is 5.28 Å². The molecule has 0 atom stereocenters. The van der Waals surface area contributed by atoms with E-state index in [0.29, 0.717) is 5.82 Å². The topological polar surface area (TPSA) is 56.3 Å². The van der Waals surface area contributed by atoms with Gasteiger partial charge in [0, 0.05) is 12.7 Å². The Morgan fingerprint density at radius 3 is 2.65 bits per heavy atom. The van der Waals surface area contributed by atoms with Gasteiger partial charge < -0.3 is 14.8 Å². The molecule has 0 radical (unpaired) electrons. The number of halogens is 1. The Balaban J connectivity index is 1.94. The zero-order valence-electron chi connectivity index (χ0n) is 11.4. The van der Waals surface area contributed by atoms with E-state index < -0.39 is 0 Å². The first-order valence-electron chi connectivity index (χ1n) is 6.16. The van der Waals surface area contributed by atoms with Gasteiger partial charge in [-0.2, -0.15) is 0 Å². The largest absolute Gasteiger partial charge is 0.493 e. The van der Waals surface area contributed by atoms with E-state index in [4.69, 9.17) is 21.1 Å². The quantitative estimate of drug-likeness (QED) is 0.830. The van der Waals surface area contributed by atoms with Gasteiger partial charge in [0.25, 0.3) is 0 Å². The summed E-state index contributed by atoms with van der Waals surface area (Å²) in [6, 6.07) is 7.65. The molecule has 0 aliphatic carbocycles. The van der Waals surface area contributed by atoms with Crippen LogP contribution < -0.4 is 14.8 Å². The van der Waals surface area contributed by atoms with E-state index in [1.807, 2.05) is 18.2 Å². The highest BCUT2D eigenvalue weighted by Crippen LogP contribution is 2.27. The van der Waals surface area contributed by atoms with Crippen molar-refractivity contribution in [1.29, 1.82) is 0 Å². The van der Waals surface area contributed by atoms with Crippen molar-refractivity contribution in [1.82, 2.24) is 9.97 Å². The standard InChI is InChI=1S/C14H16ClN3O2/c1-19-11-4-3-10(9-12(11)20-2)5-7-16-13-6-8-17-14(15)18-13/h3-4,6,8-9H,5,7H2,1-2H3,(H,16,17,18). The third-order valence-corrected chi connectivity index (χ3v) is 2.98. The number of methoxy groups -OCH3 is 2. The Morgan fingerprint density at radius 2 is 1.95 bits per heavy atom. The number of rotatable bonds is 6. The molecule has 20 heavy (non-hydrogen) atoms. The molecule has 0 saturated heterocycles. The second kappa shape index (κ2) is 6.96. The lowest BCUT2D eigenvalue weighted by molar-refractivity contribution is 0.354. The molecule has 1 N–H and O–H groups in total. The summed E-state index contributed by atoms with van der Waals surface area (Å²) in [5.41, 5.74) is 1.15. The Hall–Kier alpha value is -2.01. The Bertz CT molecular complexity index is 578. The predicted octanol–water partition coefficient (Wildman–Crippen LogP) is 2.80. The van der Waals surface area contributed by atoms with Crippen molar-refractivity contribution in [2.24, 2.45) is 0 Å². The van der Waals surface area contributed by atoms with Crippen LogP contribution >= 0.6 is 11.6 Å². The molecule has 0 aliphatic rings. The number of ether oxygens (including phenoxy) is 2. The molecule has 0 spiro atoms. The minimum Gasteiger partial charge on any atom is -0.493 e. The zero-order valence-corrected chi connectivity index (χ0v) is 12.1. The molecule has 1 aromatic carbocycles. The van der Waals surface area contributed by atoms with E-state index in [-0.39, 0.29) is 5.28 Å². The van der Waals surface area contributed by atoms with Crippen LogP contribution in [0.25, 0.3) is 0 Å². The van der Waals surface area contributed by atoms with E-state index in [1.165, 1.54) is 0 Å². The van der Waals surface area contributed by atoms with E-state index in [9.17, 15) is 0 Å². The molecule has 1 aromatic heterocycles.